The van der Waals surface area contributed by atoms with Crippen molar-refractivity contribution in [1.82, 2.24) is 20.4 Å². The molecule has 0 bridgehead atoms. The second kappa shape index (κ2) is 10.9. The smallest absolute Gasteiger partial charge is 0.241 e. The summed E-state index contributed by atoms with van der Waals surface area (Å²) in [6.07, 6.45) is 1.60. The Labute approximate surface area is 195 Å². The van der Waals surface area contributed by atoms with E-state index in [0.29, 0.717) is 30.4 Å². The molecule has 0 unspecified atom stereocenters. The predicted molar refractivity (Wildman–Crippen MR) is 123 cm³/mol. The Morgan fingerprint density at radius 3 is 2.59 bits per heavy atom. The van der Waals surface area contributed by atoms with Gasteiger partial charge in [0, 0.05) is 33.7 Å². The first-order valence-electron chi connectivity index (χ1n) is 10.5. The minimum absolute atomic E-state index is 0.0317. The monoisotopic (exact) mass is 474 g/mol. The van der Waals surface area contributed by atoms with Crippen LogP contribution in [0.25, 0.3) is 11.4 Å². The van der Waals surface area contributed by atoms with Crippen molar-refractivity contribution in [3.05, 3.63) is 65.3 Å². The van der Waals surface area contributed by atoms with Gasteiger partial charge < -0.3 is 9.84 Å². The highest BCUT2D eigenvalue weighted by Gasteiger charge is 2.25. The third kappa shape index (κ3) is 6.31. The molecule has 1 N–H and O–H groups in total. The zero-order chi connectivity index (χ0) is 22.3. The van der Waals surface area contributed by atoms with Gasteiger partial charge in [-0.2, -0.15) is 4.98 Å². The van der Waals surface area contributed by atoms with Gasteiger partial charge in [0.2, 0.25) is 17.6 Å². The Morgan fingerprint density at radius 1 is 1.16 bits per heavy atom. The van der Waals surface area contributed by atoms with Crippen molar-refractivity contribution >= 4 is 29.3 Å². The van der Waals surface area contributed by atoms with E-state index in [9.17, 15) is 9.18 Å². The van der Waals surface area contributed by atoms with Crippen LogP contribution in [0.5, 0.6) is 0 Å². The van der Waals surface area contributed by atoms with Crippen molar-refractivity contribution in [3.8, 4) is 11.4 Å². The number of benzene rings is 2. The number of hydrogen-bond acceptors (Lipinski definition) is 6. The molecule has 4 rings (SSSR count). The molecule has 1 aliphatic heterocycles. The first-order chi connectivity index (χ1) is 15.6. The van der Waals surface area contributed by atoms with Crippen LogP contribution in [-0.4, -0.2) is 46.3 Å². The summed E-state index contributed by atoms with van der Waals surface area (Å²) in [5, 5.41) is 7.76. The molecule has 0 saturated carbocycles. The zero-order valence-corrected chi connectivity index (χ0v) is 19.0. The minimum atomic E-state index is -0.301. The number of amides is 1. The normalized spacial score (nSPS) is 15.1. The summed E-state index contributed by atoms with van der Waals surface area (Å²) in [5.74, 6) is 1.64. The van der Waals surface area contributed by atoms with Crippen molar-refractivity contribution in [2.45, 2.75) is 24.3 Å². The number of hydrogen-bond donors (Lipinski definition) is 1. The molecule has 1 aliphatic rings. The van der Waals surface area contributed by atoms with Crippen LogP contribution in [0.2, 0.25) is 5.02 Å². The molecule has 1 amide bonds. The molecule has 0 atom stereocenters. The molecule has 32 heavy (non-hydrogen) atoms. The molecular weight excluding hydrogens is 451 g/mol. The molecule has 1 saturated heterocycles. The van der Waals surface area contributed by atoms with Crippen LogP contribution in [0.1, 0.15) is 18.7 Å². The summed E-state index contributed by atoms with van der Waals surface area (Å²) in [7, 11) is 0. The molecule has 2 heterocycles. The Bertz CT molecular complexity index is 1020. The second-order valence-corrected chi connectivity index (χ2v) is 9.27. The first-order valence-corrected chi connectivity index (χ1v) is 11.9. The number of piperidine rings is 1. The van der Waals surface area contributed by atoms with E-state index in [1.807, 2.05) is 24.3 Å². The fraction of sp³-hybridized carbons (Fsp3) is 0.348. The standard InChI is InChI=1S/C23H24ClFN4O2S/c24-18-3-7-20(8-4-18)32-14-11-26-23(30)17-9-12-29(13-10-17)15-21-27-22(28-31-21)16-1-5-19(25)6-2-16/h1-8,17H,9-15H2,(H,26,30). The lowest BCUT2D eigenvalue weighted by atomic mass is 9.96. The summed E-state index contributed by atoms with van der Waals surface area (Å²) in [6, 6.07) is 13.7. The van der Waals surface area contributed by atoms with E-state index >= 15 is 0 Å². The molecule has 0 radical (unpaired) electrons. The van der Waals surface area contributed by atoms with Gasteiger partial charge >= 0.3 is 0 Å². The Morgan fingerprint density at radius 2 is 1.88 bits per heavy atom. The summed E-state index contributed by atoms with van der Waals surface area (Å²) in [6.45, 7) is 2.78. The van der Waals surface area contributed by atoms with E-state index in [-0.39, 0.29) is 17.6 Å². The van der Waals surface area contributed by atoms with Crippen LogP contribution in [0.3, 0.4) is 0 Å². The van der Waals surface area contributed by atoms with Gasteiger partial charge in [-0.3, -0.25) is 9.69 Å². The molecule has 0 spiro atoms. The fourth-order valence-corrected chi connectivity index (χ4v) is 4.49. The van der Waals surface area contributed by atoms with Gasteiger partial charge in [-0.1, -0.05) is 16.8 Å². The number of carbonyl (C=O) groups is 1. The summed E-state index contributed by atoms with van der Waals surface area (Å²) < 4.78 is 18.4. The van der Waals surface area contributed by atoms with E-state index < -0.39 is 0 Å². The van der Waals surface area contributed by atoms with Crippen LogP contribution >= 0.6 is 23.4 Å². The molecular formula is C23H24ClFN4O2S. The highest BCUT2D eigenvalue weighted by molar-refractivity contribution is 7.99. The van der Waals surface area contributed by atoms with E-state index in [2.05, 4.69) is 20.4 Å². The van der Waals surface area contributed by atoms with Crippen LogP contribution in [0.15, 0.2) is 57.9 Å². The lowest BCUT2D eigenvalue weighted by Crippen LogP contribution is -2.40. The molecule has 2 aromatic carbocycles. The maximum absolute atomic E-state index is 13.1. The number of thioether (sulfide) groups is 1. The molecule has 168 valence electrons. The molecule has 3 aromatic rings. The van der Waals surface area contributed by atoms with Crippen LogP contribution in [0.4, 0.5) is 4.39 Å². The van der Waals surface area contributed by atoms with Gasteiger partial charge in [0.25, 0.3) is 0 Å². The Kier molecular flexibility index (Phi) is 7.78. The summed E-state index contributed by atoms with van der Waals surface area (Å²) in [5.41, 5.74) is 0.714. The number of likely N-dealkylation sites (tertiary alicyclic amines) is 1. The first kappa shape index (κ1) is 22.8. The lowest BCUT2D eigenvalue weighted by molar-refractivity contribution is -0.126. The molecule has 9 heteroatoms. The number of carbonyl (C=O) groups excluding carboxylic acids is 1. The van der Waals surface area contributed by atoms with Crippen LogP contribution in [0, 0.1) is 11.7 Å². The highest BCUT2D eigenvalue weighted by atomic mass is 35.5. The third-order valence-electron chi connectivity index (χ3n) is 5.37. The van der Waals surface area contributed by atoms with Gasteiger partial charge in [0.05, 0.1) is 6.54 Å². The zero-order valence-electron chi connectivity index (χ0n) is 17.5. The molecule has 0 aliphatic carbocycles. The molecule has 1 aromatic heterocycles. The van der Waals surface area contributed by atoms with E-state index in [1.54, 1.807) is 23.9 Å². The molecule has 1 fully saturated rings. The second-order valence-electron chi connectivity index (χ2n) is 7.66. The Balaban J connectivity index is 1.17. The van der Waals surface area contributed by atoms with E-state index in [0.717, 1.165) is 41.6 Å². The van der Waals surface area contributed by atoms with Crippen molar-refractivity contribution in [1.29, 1.82) is 0 Å². The van der Waals surface area contributed by atoms with Crippen LogP contribution < -0.4 is 5.32 Å². The summed E-state index contributed by atoms with van der Waals surface area (Å²) in [4.78, 5) is 20.2. The van der Waals surface area contributed by atoms with Crippen molar-refractivity contribution in [3.63, 3.8) is 0 Å². The lowest BCUT2D eigenvalue weighted by Gasteiger charge is -2.30. The number of nitrogens with one attached hydrogen (secondary N) is 1. The average Bonchev–Trinajstić information content (AvgIpc) is 3.27. The van der Waals surface area contributed by atoms with Crippen molar-refractivity contribution in [2.24, 2.45) is 5.92 Å². The largest absolute Gasteiger partial charge is 0.355 e. The quantitative estimate of drug-likeness (QED) is 0.378. The minimum Gasteiger partial charge on any atom is -0.355 e. The van der Waals surface area contributed by atoms with Gasteiger partial charge in [-0.25, -0.2) is 4.39 Å². The maximum atomic E-state index is 13.1. The van der Waals surface area contributed by atoms with Gasteiger partial charge in [-0.15, -0.1) is 11.8 Å². The van der Waals surface area contributed by atoms with Gasteiger partial charge in [0.15, 0.2) is 0 Å². The van der Waals surface area contributed by atoms with E-state index in [4.69, 9.17) is 16.1 Å². The number of aromatic nitrogens is 2. The number of nitrogens with zero attached hydrogens (tertiary/aromatic N) is 3. The molecule has 6 nitrogen and oxygen atoms in total. The number of halogens is 2. The number of rotatable bonds is 8. The maximum Gasteiger partial charge on any atom is 0.241 e. The van der Waals surface area contributed by atoms with Crippen molar-refractivity contribution < 1.29 is 13.7 Å². The van der Waals surface area contributed by atoms with Crippen molar-refractivity contribution in [2.75, 3.05) is 25.4 Å². The van der Waals surface area contributed by atoms with Gasteiger partial charge in [0.1, 0.15) is 5.82 Å². The highest BCUT2D eigenvalue weighted by Crippen LogP contribution is 2.22. The van der Waals surface area contributed by atoms with Gasteiger partial charge in [-0.05, 0) is 74.5 Å². The topological polar surface area (TPSA) is 71.3 Å². The fourth-order valence-electron chi connectivity index (χ4n) is 3.60. The summed E-state index contributed by atoms with van der Waals surface area (Å²) >= 11 is 7.59. The van der Waals surface area contributed by atoms with E-state index in [1.165, 1.54) is 12.1 Å². The predicted octanol–water partition coefficient (Wildman–Crippen LogP) is 4.65. The Hall–Kier alpha value is -2.42. The third-order valence-corrected chi connectivity index (χ3v) is 6.64. The average molecular weight is 475 g/mol. The van der Waals surface area contributed by atoms with Crippen LogP contribution in [-0.2, 0) is 11.3 Å². The SMILES string of the molecule is O=C(NCCSc1ccc(Cl)cc1)C1CCN(Cc2nc(-c3ccc(F)cc3)no2)CC1.